The molecule has 0 aromatic heterocycles. The summed E-state index contributed by atoms with van der Waals surface area (Å²) in [6.07, 6.45) is 5.31. The average Bonchev–Trinajstić information content (AvgIpc) is 1.87. The number of nitrogens with zero attached hydrogens (tertiary/aromatic N) is 1. The molecular weight excluding hydrogens is 1530 g/mol. The fourth-order valence-electron chi connectivity index (χ4n) is 14.8. The van der Waals surface area contributed by atoms with Gasteiger partial charge in [0.15, 0.2) is 18.9 Å². The Hall–Kier alpha value is -3.81. The lowest BCUT2D eigenvalue weighted by Gasteiger charge is -2.40. The minimum atomic E-state index is -3.00. The van der Waals surface area contributed by atoms with Crippen molar-refractivity contribution in [1.82, 2.24) is 15.5 Å². The maximum absolute atomic E-state index is 14.2. The summed E-state index contributed by atoms with van der Waals surface area (Å²) in [6, 6.07) is -0.205. The lowest BCUT2D eigenvalue weighted by atomic mass is 9.83. The molecule has 116 heavy (non-hydrogen) atoms. The second-order valence-corrected chi connectivity index (χ2v) is 35.0. The van der Waals surface area contributed by atoms with Crippen molar-refractivity contribution >= 4 is 54.0 Å². The number of aliphatic hydroxyl groups is 10. The molecule has 4 aliphatic heterocycles. The van der Waals surface area contributed by atoms with E-state index in [9.17, 15) is 94.0 Å². The van der Waals surface area contributed by atoms with E-state index in [1.807, 2.05) is 0 Å². The SMILES string of the molecule is [CH2-]P(=O)(CC[C@@H]1C[C@@H](O)CN1C(=O)CCCCCCCCCCC(=O)CC(COCCC(=O)CCCCCC(=O)CCCCOC1OC(CO)C(O)C(O)C1C)(COCCC(=O)CCCCCC(=O)CCCCOC1OC(CO)C(O)C(O)C1C)COCCC(=O)NCCCNC(=O)CCCCOC1OC(CO)C(O)C(O)C1C)OC. The first-order valence-electron chi connectivity index (χ1n) is 43.1. The molecular formula is C83H147N3O29P-. The molecule has 32 nitrogen and oxygen atoms in total. The topological polar surface area (TPSA) is 476 Å². The normalized spacial score (nSPS) is 26.6. The Morgan fingerprint density at radius 3 is 1.14 bits per heavy atom. The number of nitrogens with one attached hydrogen (secondary N) is 2. The standard InChI is InChI=1S/C83H147N3O29P/c1-58-74(99)77(102)68(52-87)113-80(58)110-42-23-20-31-62(90)27-15-12-17-29-64(92)36-45-107-55-83(50-66(94)33-14-10-8-6-7-9-11-19-35-73(98)86-51-67(95)49-61(86)39-48-116(5,105)106-4,56-108-46-37-65(93)30-18-13-16-28-63(91)32-21-24-43-111-81-59(2)75(100)78(103)69(53-88)114-81)57-109-47-38-72(97)85-41-26-40-84-71(96)34-22-25-44-112-82-60(3)76(101)79(104)70(54-89)115-82/h58-61,67-70,74-82,87-89,95,99-104H,5-57H2,1-4H3,(H,84,96)(H,85,97)/q-1/t58?,59?,60?,61-,67-,68?,69?,70?,74?,75?,76?,77?,78?,79?,80?,81?,82?,83?,116?/m1/s1. The Morgan fingerprint density at radius 2 is 0.750 bits per heavy atom. The summed E-state index contributed by atoms with van der Waals surface area (Å²) in [6.45, 7) is 8.78. The van der Waals surface area contributed by atoms with Gasteiger partial charge in [0.25, 0.3) is 0 Å². The first kappa shape index (κ1) is 105. The smallest absolute Gasteiger partial charge is 0.222 e. The Kier molecular flexibility index (Phi) is 53.9. The highest BCUT2D eigenvalue weighted by Gasteiger charge is 2.45. The van der Waals surface area contributed by atoms with E-state index in [2.05, 4.69) is 17.3 Å². The van der Waals surface area contributed by atoms with Crippen molar-refractivity contribution in [3.63, 3.8) is 0 Å². The Morgan fingerprint density at radius 1 is 0.422 bits per heavy atom. The number of unbranched alkanes of at least 4 members (excludes halogenated alkanes) is 14. The zero-order valence-electron chi connectivity index (χ0n) is 69.9. The fraction of sp³-hybridized carbons (Fsp3) is 0.892. The van der Waals surface area contributed by atoms with Gasteiger partial charge in [0.1, 0.15) is 65.5 Å². The summed E-state index contributed by atoms with van der Waals surface area (Å²) < 4.78 is 70.3. The van der Waals surface area contributed by atoms with E-state index in [-0.39, 0.29) is 183 Å². The summed E-state index contributed by atoms with van der Waals surface area (Å²) in [5.74, 6) is -2.01. The second-order valence-electron chi connectivity index (χ2n) is 32.6. The van der Waals surface area contributed by atoms with Gasteiger partial charge in [-0.25, -0.2) is 0 Å². The van der Waals surface area contributed by atoms with Gasteiger partial charge in [-0.05, 0) is 102 Å². The molecule has 16 unspecified atom stereocenters. The monoisotopic (exact) mass is 1680 g/mol. The van der Waals surface area contributed by atoms with Crippen LogP contribution in [0.15, 0.2) is 0 Å². The fourth-order valence-corrected chi connectivity index (χ4v) is 15.7. The van der Waals surface area contributed by atoms with Gasteiger partial charge >= 0.3 is 0 Å². The van der Waals surface area contributed by atoms with Crippen LogP contribution in [-0.2, 0) is 90.1 Å². The highest BCUT2D eigenvalue weighted by Crippen LogP contribution is 2.45. The number of amides is 3. The van der Waals surface area contributed by atoms with E-state index in [4.69, 9.17) is 47.2 Å². The zero-order chi connectivity index (χ0) is 85.3. The van der Waals surface area contributed by atoms with E-state index in [1.165, 1.54) is 7.11 Å². The van der Waals surface area contributed by atoms with Gasteiger partial charge in [-0.15, -0.1) is 0 Å². The molecule has 4 rings (SSSR count). The van der Waals surface area contributed by atoms with Crippen LogP contribution in [0.1, 0.15) is 252 Å². The molecule has 4 fully saturated rings. The van der Waals surface area contributed by atoms with Crippen molar-refractivity contribution in [2.75, 3.05) is 112 Å². The minimum Gasteiger partial charge on any atom is -0.394 e. The molecule has 0 spiro atoms. The largest absolute Gasteiger partial charge is 0.394 e. The van der Waals surface area contributed by atoms with Crippen LogP contribution in [0, 0.1) is 29.8 Å². The van der Waals surface area contributed by atoms with Gasteiger partial charge in [0.2, 0.25) is 17.7 Å². The molecule has 4 aliphatic rings. The Bertz CT molecular complexity index is 2600. The number of likely N-dealkylation sites (tertiary alicyclic amines) is 1. The van der Waals surface area contributed by atoms with Crippen LogP contribution in [0.5, 0.6) is 0 Å². The van der Waals surface area contributed by atoms with Crippen molar-refractivity contribution in [2.45, 2.75) is 338 Å². The quantitative estimate of drug-likeness (QED) is 0.0197. The van der Waals surface area contributed by atoms with Crippen LogP contribution in [0.3, 0.4) is 0 Å². The number of hydrogen-bond donors (Lipinski definition) is 12. The van der Waals surface area contributed by atoms with Gasteiger partial charge in [-0.1, -0.05) is 72.1 Å². The Balaban J connectivity index is 1.28. The highest BCUT2D eigenvalue weighted by molar-refractivity contribution is 7.60. The summed E-state index contributed by atoms with van der Waals surface area (Å²) in [5.41, 5.74) is -1.09. The van der Waals surface area contributed by atoms with E-state index < -0.39 is 130 Å². The lowest BCUT2D eigenvalue weighted by molar-refractivity contribution is -0.282. The van der Waals surface area contributed by atoms with E-state index in [0.29, 0.717) is 148 Å². The molecule has 18 atom stereocenters. The third-order valence-corrected chi connectivity index (χ3v) is 24.1. The van der Waals surface area contributed by atoms with Gasteiger partial charge in [-0.3, -0.25) is 45.0 Å². The number of β-amino-alcohol motifs (C(OH)–C–C–N with tert-alkyl or cyclic N) is 1. The lowest BCUT2D eigenvalue weighted by Crippen LogP contribution is -2.55. The molecule has 0 aromatic carbocycles. The minimum absolute atomic E-state index is 0.0227. The first-order valence-corrected chi connectivity index (χ1v) is 45.1. The van der Waals surface area contributed by atoms with Crippen molar-refractivity contribution in [2.24, 2.45) is 23.2 Å². The summed E-state index contributed by atoms with van der Waals surface area (Å²) in [7, 11) is -1.64. The summed E-state index contributed by atoms with van der Waals surface area (Å²) >= 11 is 0. The van der Waals surface area contributed by atoms with Gasteiger partial charge < -0.3 is 118 Å². The summed E-state index contributed by atoms with van der Waals surface area (Å²) in [5, 5.41) is 106. The van der Waals surface area contributed by atoms with E-state index in [0.717, 1.165) is 38.5 Å². The average molecular weight is 1680 g/mol. The number of carbonyl (C=O) groups is 8. The van der Waals surface area contributed by atoms with Crippen molar-refractivity contribution in [3.05, 3.63) is 6.66 Å². The number of Topliss-reactive ketones (excluding diaryl/α,β-unsaturated/α-hetero) is 5. The molecule has 33 heteroatoms. The van der Waals surface area contributed by atoms with E-state index in [1.54, 1.807) is 25.7 Å². The Labute approximate surface area is 687 Å². The molecule has 0 saturated carbocycles. The number of aliphatic hydroxyl groups excluding tert-OH is 10. The third kappa shape index (κ3) is 41.8. The molecule has 0 aromatic rings. The van der Waals surface area contributed by atoms with Crippen LogP contribution in [0.25, 0.3) is 0 Å². The number of ether oxygens (including phenoxy) is 9. The van der Waals surface area contributed by atoms with Crippen molar-refractivity contribution < 1.29 is 141 Å². The van der Waals surface area contributed by atoms with Crippen LogP contribution in [-0.4, -0.2) is 301 Å². The number of carbonyl (C=O) groups excluding carboxylic acids is 8. The van der Waals surface area contributed by atoms with Crippen LogP contribution < -0.4 is 10.6 Å². The number of ketones is 5. The molecule has 0 bridgehead atoms. The van der Waals surface area contributed by atoms with Crippen LogP contribution in [0.4, 0.5) is 0 Å². The third-order valence-electron chi connectivity index (χ3n) is 22.5. The maximum Gasteiger partial charge on any atom is 0.222 e. The maximum atomic E-state index is 14.2. The first-order chi connectivity index (χ1) is 55.6. The number of hydrogen-bond acceptors (Lipinski definition) is 29. The molecule has 12 N–H and O–H groups in total. The molecule has 4 heterocycles. The van der Waals surface area contributed by atoms with Gasteiger partial charge in [0.05, 0.1) is 91.2 Å². The molecule has 3 amide bonds. The van der Waals surface area contributed by atoms with Gasteiger partial charge in [0, 0.05) is 159 Å². The molecule has 674 valence electrons. The van der Waals surface area contributed by atoms with Crippen LogP contribution in [0.2, 0.25) is 0 Å². The molecule has 0 radical (unpaired) electrons. The van der Waals surface area contributed by atoms with Crippen molar-refractivity contribution in [1.29, 1.82) is 0 Å². The number of rotatable bonds is 69. The predicted octanol–water partition coefficient (Wildman–Crippen LogP) is 5.71. The molecule has 0 aliphatic carbocycles. The highest BCUT2D eigenvalue weighted by atomic mass is 31.2. The molecule has 4 saturated heterocycles. The van der Waals surface area contributed by atoms with E-state index >= 15 is 0 Å². The predicted molar refractivity (Wildman–Crippen MR) is 427 cm³/mol. The zero-order valence-corrected chi connectivity index (χ0v) is 70.8. The van der Waals surface area contributed by atoms with Crippen LogP contribution >= 0.6 is 7.37 Å². The van der Waals surface area contributed by atoms with Crippen molar-refractivity contribution in [3.8, 4) is 0 Å². The second kappa shape index (κ2) is 59.9. The summed E-state index contributed by atoms with van der Waals surface area (Å²) in [4.78, 5) is 107. The van der Waals surface area contributed by atoms with Gasteiger partial charge in [-0.2, -0.15) is 0 Å².